The molecule has 1 fully saturated rings. The van der Waals surface area contributed by atoms with E-state index in [1.54, 1.807) is 20.4 Å². The highest BCUT2D eigenvalue weighted by Gasteiger charge is 2.27. The van der Waals surface area contributed by atoms with E-state index in [2.05, 4.69) is 46.3 Å². The van der Waals surface area contributed by atoms with E-state index in [-0.39, 0.29) is 11.5 Å². The summed E-state index contributed by atoms with van der Waals surface area (Å²) in [6.45, 7) is 9.00. The summed E-state index contributed by atoms with van der Waals surface area (Å²) in [6, 6.07) is 4.03. The maximum atomic E-state index is 6.25. The van der Waals surface area contributed by atoms with E-state index in [1.165, 1.54) is 0 Å². The second-order valence-corrected chi connectivity index (χ2v) is 7.84. The van der Waals surface area contributed by atoms with Crippen LogP contribution in [0.25, 0.3) is 0 Å². The van der Waals surface area contributed by atoms with Crippen molar-refractivity contribution < 1.29 is 4.74 Å². The van der Waals surface area contributed by atoms with Crippen molar-refractivity contribution in [3.8, 4) is 0 Å². The molecule has 1 aromatic heterocycles. The normalized spacial score (nSPS) is 19.8. The number of halogens is 1. The van der Waals surface area contributed by atoms with Gasteiger partial charge in [0.15, 0.2) is 5.96 Å². The number of hydrogen-bond donors (Lipinski definition) is 2. The van der Waals surface area contributed by atoms with Crippen LogP contribution in [-0.4, -0.2) is 56.9 Å². The largest absolute Gasteiger partial charge is 0.379 e. The quantitative estimate of drug-likeness (QED) is 0.618. The van der Waals surface area contributed by atoms with Crippen LogP contribution in [0, 0.1) is 5.41 Å². The van der Waals surface area contributed by atoms with Gasteiger partial charge in [0.05, 0.1) is 11.1 Å². The number of aromatic nitrogens is 1. The fourth-order valence-electron chi connectivity index (χ4n) is 3.00. The molecule has 0 aromatic carbocycles. The van der Waals surface area contributed by atoms with Gasteiger partial charge in [-0.1, -0.05) is 32.4 Å². The number of pyridine rings is 1. The highest BCUT2D eigenvalue weighted by Crippen LogP contribution is 2.25. The molecule has 2 rings (SSSR count). The van der Waals surface area contributed by atoms with Gasteiger partial charge < -0.3 is 20.3 Å². The van der Waals surface area contributed by atoms with Crippen LogP contribution < -0.4 is 15.5 Å². The Hall–Kier alpha value is -1.53. The van der Waals surface area contributed by atoms with Crippen molar-refractivity contribution in [2.45, 2.75) is 39.3 Å². The monoisotopic (exact) mass is 367 g/mol. The van der Waals surface area contributed by atoms with Crippen molar-refractivity contribution in [3.05, 3.63) is 23.4 Å². The summed E-state index contributed by atoms with van der Waals surface area (Å²) in [5, 5.41) is 7.55. The van der Waals surface area contributed by atoms with Gasteiger partial charge in [0.25, 0.3) is 0 Å². The highest BCUT2D eigenvalue weighted by atomic mass is 35.5. The van der Waals surface area contributed by atoms with E-state index in [9.17, 15) is 0 Å². The van der Waals surface area contributed by atoms with Gasteiger partial charge in [-0.2, -0.15) is 0 Å². The van der Waals surface area contributed by atoms with Crippen LogP contribution in [-0.2, 0) is 4.74 Å². The predicted molar refractivity (Wildman–Crippen MR) is 105 cm³/mol. The zero-order valence-corrected chi connectivity index (χ0v) is 16.6. The minimum Gasteiger partial charge on any atom is -0.379 e. The van der Waals surface area contributed by atoms with Crippen LogP contribution in [0.4, 0.5) is 5.82 Å². The van der Waals surface area contributed by atoms with Gasteiger partial charge in [-0.15, -0.1) is 0 Å². The van der Waals surface area contributed by atoms with Crippen LogP contribution in [0.3, 0.4) is 0 Å². The summed E-state index contributed by atoms with van der Waals surface area (Å²) in [5.74, 6) is 1.65. The number of aliphatic imine (C=N–C) groups is 1. The van der Waals surface area contributed by atoms with Crippen LogP contribution in [0.1, 0.15) is 27.2 Å². The number of guanidine groups is 1. The van der Waals surface area contributed by atoms with Gasteiger partial charge in [-0.3, -0.25) is 4.99 Å². The van der Waals surface area contributed by atoms with Gasteiger partial charge in [-0.25, -0.2) is 4.98 Å². The molecule has 2 N–H and O–H groups in total. The molecule has 0 bridgehead atoms. The van der Waals surface area contributed by atoms with Gasteiger partial charge in [0, 0.05) is 46.0 Å². The van der Waals surface area contributed by atoms with Crippen molar-refractivity contribution in [1.29, 1.82) is 0 Å². The Balaban J connectivity index is 1.88. The molecule has 1 saturated heterocycles. The molecule has 25 heavy (non-hydrogen) atoms. The lowest BCUT2D eigenvalue weighted by Crippen LogP contribution is -2.48. The second-order valence-electron chi connectivity index (χ2n) is 7.43. The first-order chi connectivity index (χ1) is 11.8. The fourth-order valence-corrected chi connectivity index (χ4v) is 3.24. The molecule has 1 aromatic rings. The van der Waals surface area contributed by atoms with Gasteiger partial charge in [0.2, 0.25) is 0 Å². The highest BCUT2D eigenvalue weighted by molar-refractivity contribution is 6.32. The minimum absolute atomic E-state index is 0.0699. The predicted octanol–water partition coefficient (Wildman–Crippen LogP) is 2.54. The fraction of sp³-hybridized carbons (Fsp3) is 0.667. The van der Waals surface area contributed by atoms with Gasteiger partial charge in [-0.05, 0) is 24.0 Å². The first kappa shape index (κ1) is 19.8. The van der Waals surface area contributed by atoms with Crippen molar-refractivity contribution in [2.24, 2.45) is 10.4 Å². The molecule has 0 aliphatic carbocycles. The SMILES string of the molecule is CN=C(NCC(OC)C(C)(C)C)NC1CCN(c2ncccc2Cl)C1. The van der Waals surface area contributed by atoms with E-state index in [4.69, 9.17) is 16.3 Å². The topological polar surface area (TPSA) is 61.8 Å². The number of rotatable bonds is 5. The molecule has 0 saturated carbocycles. The van der Waals surface area contributed by atoms with Crippen LogP contribution in [0.2, 0.25) is 5.02 Å². The van der Waals surface area contributed by atoms with Crippen LogP contribution in [0.5, 0.6) is 0 Å². The third-order valence-corrected chi connectivity index (χ3v) is 4.79. The number of ether oxygens (including phenoxy) is 1. The number of methoxy groups -OCH3 is 1. The lowest BCUT2D eigenvalue weighted by Gasteiger charge is -2.30. The van der Waals surface area contributed by atoms with Crippen LogP contribution >= 0.6 is 11.6 Å². The summed E-state index contributed by atoms with van der Waals surface area (Å²) in [7, 11) is 3.54. The standard InChI is InChI=1S/C18H30ClN5O/c1-18(2,3)15(25-5)11-22-17(20-4)23-13-8-10-24(12-13)16-14(19)7-6-9-21-16/h6-7,9,13,15H,8,10-12H2,1-5H3,(H2,20,22,23). The summed E-state index contributed by atoms with van der Waals surface area (Å²) in [4.78, 5) is 10.9. The van der Waals surface area contributed by atoms with Crippen molar-refractivity contribution in [2.75, 3.05) is 38.7 Å². The van der Waals surface area contributed by atoms with Crippen molar-refractivity contribution >= 4 is 23.4 Å². The lowest BCUT2D eigenvalue weighted by molar-refractivity contribution is 0.0205. The van der Waals surface area contributed by atoms with Gasteiger partial charge in [0.1, 0.15) is 5.82 Å². The molecule has 7 heteroatoms. The molecule has 2 atom stereocenters. The Morgan fingerprint density at radius 1 is 1.52 bits per heavy atom. The molecule has 1 aliphatic rings. The summed E-state index contributed by atoms with van der Waals surface area (Å²) < 4.78 is 5.59. The molecular weight excluding hydrogens is 338 g/mol. The Morgan fingerprint density at radius 2 is 2.28 bits per heavy atom. The molecule has 0 radical (unpaired) electrons. The van der Waals surface area contributed by atoms with Crippen molar-refractivity contribution in [3.63, 3.8) is 0 Å². The number of hydrogen-bond acceptors (Lipinski definition) is 4. The van der Waals surface area contributed by atoms with Crippen LogP contribution in [0.15, 0.2) is 23.3 Å². The molecule has 6 nitrogen and oxygen atoms in total. The Morgan fingerprint density at radius 3 is 2.88 bits per heavy atom. The smallest absolute Gasteiger partial charge is 0.191 e. The zero-order valence-electron chi connectivity index (χ0n) is 15.8. The Labute approximate surface area is 156 Å². The average molecular weight is 368 g/mol. The molecule has 2 heterocycles. The number of nitrogens with zero attached hydrogens (tertiary/aromatic N) is 3. The number of nitrogens with one attached hydrogen (secondary N) is 2. The zero-order chi connectivity index (χ0) is 18.4. The average Bonchev–Trinajstić information content (AvgIpc) is 3.01. The first-order valence-corrected chi connectivity index (χ1v) is 9.08. The minimum atomic E-state index is 0.0699. The summed E-state index contributed by atoms with van der Waals surface area (Å²) in [6.07, 6.45) is 2.90. The first-order valence-electron chi connectivity index (χ1n) is 8.70. The maximum Gasteiger partial charge on any atom is 0.191 e. The molecule has 1 aliphatic heterocycles. The van der Waals surface area contributed by atoms with E-state index in [0.29, 0.717) is 17.6 Å². The summed E-state index contributed by atoms with van der Waals surface area (Å²) >= 11 is 6.25. The Bertz CT molecular complexity index is 587. The molecule has 140 valence electrons. The van der Waals surface area contributed by atoms with E-state index in [1.807, 2.05) is 12.1 Å². The second kappa shape index (κ2) is 8.72. The van der Waals surface area contributed by atoms with E-state index in [0.717, 1.165) is 31.3 Å². The van der Waals surface area contributed by atoms with E-state index >= 15 is 0 Å². The molecular formula is C18H30ClN5O. The molecule has 0 spiro atoms. The third kappa shape index (κ3) is 5.47. The van der Waals surface area contributed by atoms with Gasteiger partial charge >= 0.3 is 0 Å². The molecule has 0 amide bonds. The van der Waals surface area contributed by atoms with E-state index < -0.39 is 0 Å². The maximum absolute atomic E-state index is 6.25. The van der Waals surface area contributed by atoms with Crippen molar-refractivity contribution in [1.82, 2.24) is 15.6 Å². The Kier molecular flexibility index (Phi) is 6.90. The third-order valence-electron chi connectivity index (χ3n) is 4.50. The molecule has 2 unspecified atom stereocenters. The lowest BCUT2D eigenvalue weighted by atomic mass is 9.89. The summed E-state index contributed by atoms with van der Waals surface area (Å²) in [5.41, 5.74) is 0.0699. The number of anilines is 1.